The average molecular weight is 531 g/mol. The summed E-state index contributed by atoms with van der Waals surface area (Å²) >= 11 is 0. The van der Waals surface area contributed by atoms with Gasteiger partial charge in [0.05, 0.1) is 6.04 Å². The van der Waals surface area contributed by atoms with E-state index >= 15 is 0 Å². The zero-order chi connectivity index (χ0) is 27.6. The summed E-state index contributed by atoms with van der Waals surface area (Å²) in [6, 6.07) is 30.3. The van der Waals surface area contributed by atoms with Gasteiger partial charge in [-0.1, -0.05) is 91.5 Å². The predicted molar refractivity (Wildman–Crippen MR) is 172 cm³/mol. The molecule has 4 heteroatoms. The Kier molecular flexibility index (Phi) is 6.50. The Balaban J connectivity index is 1.22. The molecule has 2 aliphatic heterocycles. The highest BCUT2D eigenvalue weighted by atomic mass is 15.1. The number of fused-ring (bicyclic) bond motifs is 2. The van der Waals surface area contributed by atoms with E-state index in [1.54, 1.807) is 6.08 Å². The van der Waals surface area contributed by atoms with Crippen molar-refractivity contribution in [3.8, 4) is 11.1 Å². The van der Waals surface area contributed by atoms with Crippen molar-refractivity contribution in [1.82, 2.24) is 10.3 Å². The Morgan fingerprint density at radius 1 is 0.756 bits per heavy atom. The van der Waals surface area contributed by atoms with Crippen molar-refractivity contribution in [1.29, 1.82) is 0 Å². The Labute approximate surface area is 240 Å². The maximum atomic E-state index is 5.06. The van der Waals surface area contributed by atoms with Crippen molar-refractivity contribution in [3.63, 3.8) is 0 Å². The molecule has 41 heavy (non-hydrogen) atoms. The molecular weight excluding hydrogens is 500 g/mol. The maximum Gasteiger partial charge on any atom is 0.122 e. The molecule has 2 unspecified atom stereocenters. The number of anilines is 1. The van der Waals surface area contributed by atoms with Gasteiger partial charge in [-0.15, -0.1) is 0 Å². The number of para-hydroxylation sites is 1. The number of amidine groups is 1. The Bertz CT molecular complexity index is 1750. The second kappa shape index (κ2) is 10.7. The van der Waals surface area contributed by atoms with Gasteiger partial charge in [-0.3, -0.25) is 9.98 Å². The highest BCUT2D eigenvalue weighted by molar-refractivity contribution is 6.00. The summed E-state index contributed by atoms with van der Waals surface area (Å²) in [6.07, 6.45) is 16.3. The molecule has 4 aromatic rings. The minimum atomic E-state index is 0.00703. The van der Waals surface area contributed by atoms with Crippen LogP contribution in [0, 0.1) is 0 Å². The highest BCUT2D eigenvalue weighted by Crippen LogP contribution is 2.37. The van der Waals surface area contributed by atoms with Crippen molar-refractivity contribution in [2.24, 2.45) is 4.99 Å². The molecule has 3 aliphatic rings. The van der Waals surface area contributed by atoms with Gasteiger partial charge in [0.15, 0.2) is 0 Å². The summed E-state index contributed by atoms with van der Waals surface area (Å²) in [5.74, 6) is 0.880. The quantitative estimate of drug-likeness (QED) is 0.252. The number of aromatic nitrogens is 1. The molecule has 0 amide bonds. The van der Waals surface area contributed by atoms with Gasteiger partial charge < -0.3 is 10.6 Å². The predicted octanol–water partition coefficient (Wildman–Crippen LogP) is 7.68. The minimum Gasteiger partial charge on any atom is -0.380 e. The number of nitrogens with one attached hydrogen (secondary N) is 2. The van der Waals surface area contributed by atoms with Gasteiger partial charge in [-0.05, 0) is 86.5 Å². The lowest BCUT2D eigenvalue weighted by Crippen LogP contribution is -2.34. The SMILES string of the molecule is C=C/C=C\C1=NC2C(c3ccc(C4=Cc5ccccc5NC4)cc3)=CC(c3ccc(-c4ccncc4)cc3)=CC2N1. The molecule has 0 fully saturated rings. The minimum absolute atomic E-state index is 0.00703. The van der Waals surface area contributed by atoms with E-state index in [1.165, 1.54) is 50.2 Å². The van der Waals surface area contributed by atoms with Crippen molar-refractivity contribution in [2.75, 3.05) is 11.9 Å². The molecule has 4 nitrogen and oxygen atoms in total. The zero-order valence-electron chi connectivity index (χ0n) is 22.7. The summed E-state index contributed by atoms with van der Waals surface area (Å²) < 4.78 is 0. The number of benzene rings is 3. The fraction of sp³-hybridized carbons (Fsp3) is 0.0811. The van der Waals surface area contributed by atoms with Gasteiger partial charge in [-0.2, -0.15) is 0 Å². The van der Waals surface area contributed by atoms with Crippen molar-refractivity contribution in [2.45, 2.75) is 12.1 Å². The van der Waals surface area contributed by atoms with Crippen LogP contribution < -0.4 is 10.6 Å². The molecule has 3 aromatic carbocycles. The first-order valence-electron chi connectivity index (χ1n) is 14.0. The summed E-state index contributed by atoms with van der Waals surface area (Å²) in [5.41, 5.74) is 12.1. The molecule has 0 saturated carbocycles. The van der Waals surface area contributed by atoms with E-state index in [-0.39, 0.29) is 12.1 Å². The topological polar surface area (TPSA) is 49.3 Å². The monoisotopic (exact) mass is 530 g/mol. The van der Waals surface area contributed by atoms with E-state index in [0.717, 1.165) is 17.9 Å². The fourth-order valence-corrected chi connectivity index (χ4v) is 5.77. The van der Waals surface area contributed by atoms with Crippen LogP contribution in [0.4, 0.5) is 5.69 Å². The molecule has 198 valence electrons. The van der Waals surface area contributed by atoms with Gasteiger partial charge in [0.1, 0.15) is 11.9 Å². The van der Waals surface area contributed by atoms with Crippen molar-refractivity contribution < 1.29 is 0 Å². The number of aliphatic imine (C=N–C) groups is 1. The van der Waals surface area contributed by atoms with Crippen molar-refractivity contribution in [3.05, 3.63) is 157 Å². The van der Waals surface area contributed by atoms with Crippen LogP contribution in [-0.4, -0.2) is 29.4 Å². The molecule has 0 radical (unpaired) electrons. The Morgan fingerprint density at radius 3 is 2.27 bits per heavy atom. The number of hydrogen-bond acceptors (Lipinski definition) is 4. The van der Waals surface area contributed by atoms with Gasteiger partial charge >= 0.3 is 0 Å². The molecule has 2 atom stereocenters. The molecule has 3 heterocycles. The molecule has 0 bridgehead atoms. The van der Waals surface area contributed by atoms with Crippen LogP contribution in [-0.2, 0) is 0 Å². The smallest absolute Gasteiger partial charge is 0.122 e. The number of pyridine rings is 1. The standard InChI is InChI=1S/C37H30N4/c1-2-3-8-36-40-35-23-31(26-11-9-25(10-12-26)28-17-19-38-20-18-28)22-33(37(35)41-36)29-15-13-27(14-16-29)32-21-30-6-4-5-7-34(30)39-24-32/h2-23,35,37,39H,1,24H2,(H,40,41)/b8-3-. The third kappa shape index (κ3) is 4.96. The molecule has 2 N–H and O–H groups in total. The summed E-state index contributed by atoms with van der Waals surface area (Å²) in [4.78, 5) is 9.20. The first-order chi connectivity index (χ1) is 20.2. The van der Waals surface area contributed by atoms with Crippen LogP contribution in [0.15, 0.2) is 139 Å². The normalized spacial score (nSPS) is 19.1. The van der Waals surface area contributed by atoms with E-state index < -0.39 is 0 Å². The lowest BCUT2D eigenvalue weighted by molar-refractivity contribution is 0.710. The van der Waals surface area contributed by atoms with Crippen LogP contribution in [0.25, 0.3) is 33.9 Å². The van der Waals surface area contributed by atoms with E-state index in [4.69, 9.17) is 4.99 Å². The second-order valence-corrected chi connectivity index (χ2v) is 10.4. The van der Waals surface area contributed by atoms with Gasteiger partial charge in [0, 0.05) is 24.6 Å². The van der Waals surface area contributed by atoms with Gasteiger partial charge in [0.25, 0.3) is 0 Å². The number of allylic oxidation sites excluding steroid dienone is 4. The molecular formula is C37H30N4. The van der Waals surface area contributed by atoms with Crippen LogP contribution in [0.3, 0.4) is 0 Å². The van der Waals surface area contributed by atoms with E-state index in [0.29, 0.717) is 0 Å². The van der Waals surface area contributed by atoms with Gasteiger partial charge in [0.2, 0.25) is 0 Å². The summed E-state index contributed by atoms with van der Waals surface area (Å²) in [6.45, 7) is 4.63. The molecule has 1 aliphatic carbocycles. The van der Waals surface area contributed by atoms with E-state index in [1.807, 2.05) is 36.7 Å². The number of hydrogen-bond donors (Lipinski definition) is 2. The lowest BCUT2D eigenvalue weighted by atomic mass is 9.84. The second-order valence-electron chi connectivity index (χ2n) is 10.4. The van der Waals surface area contributed by atoms with Crippen LogP contribution in [0.2, 0.25) is 0 Å². The molecule has 0 spiro atoms. The maximum absolute atomic E-state index is 5.06. The largest absolute Gasteiger partial charge is 0.380 e. The number of rotatable bonds is 6. The lowest BCUT2D eigenvalue weighted by Gasteiger charge is -2.25. The Hall–Kier alpha value is -5.22. The molecule has 0 saturated heterocycles. The Morgan fingerprint density at radius 2 is 1.46 bits per heavy atom. The van der Waals surface area contributed by atoms with Crippen molar-refractivity contribution >= 4 is 34.3 Å². The van der Waals surface area contributed by atoms with Crippen LogP contribution >= 0.6 is 0 Å². The van der Waals surface area contributed by atoms with Gasteiger partial charge in [-0.25, -0.2) is 0 Å². The summed E-state index contributed by atoms with van der Waals surface area (Å²) in [7, 11) is 0. The highest BCUT2D eigenvalue weighted by Gasteiger charge is 2.33. The first kappa shape index (κ1) is 24.8. The first-order valence-corrected chi connectivity index (χ1v) is 14.0. The molecule has 1 aromatic heterocycles. The fourth-order valence-electron chi connectivity index (χ4n) is 5.77. The number of nitrogens with zero attached hydrogens (tertiary/aromatic N) is 2. The third-order valence-corrected chi connectivity index (χ3v) is 7.89. The third-order valence-electron chi connectivity index (χ3n) is 7.89. The summed E-state index contributed by atoms with van der Waals surface area (Å²) in [5, 5.41) is 7.16. The van der Waals surface area contributed by atoms with Crippen LogP contribution in [0.5, 0.6) is 0 Å². The van der Waals surface area contributed by atoms with E-state index in [2.05, 4.69) is 113 Å². The molecule has 7 rings (SSSR count). The average Bonchev–Trinajstić information content (AvgIpc) is 3.47. The zero-order valence-corrected chi connectivity index (χ0v) is 22.7. The van der Waals surface area contributed by atoms with E-state index in [9.17, 15) is 0 Å². The van der Waals surface area contributed by atoms with Crippen LogP contribution in [0.1, 0.15) is 22.3 Å².